The van der Waals surface area contributed by atoms with E-state index in [9.17, 15) is 18.0 Å². The predicted octanol–water partition coefficient (Wildman–Crippen LogP) is 4.15. The monoisotopic (exact) mass is 451 g/mol. The van der Waals surface area contributed by atoms with Crippen LogP contribution in [0.5, 0.6) is 5.75 Å². The smallest absolute Gasteiger partial charge is 0.406 e. The lowest BCUT2D eigenvalue weighted by molar-refractivity contribution is -0.274. The SMILES string of the molecule is Cc1cnc(NCC2CCC(NC(=O)c3cccc(OC(F)(F)F)c3)CC2)nc1N(C)C. The number of carbonyl (C=O) groups is 1. The number of nitrogens with zero attached hydrogens (tertiary/aromatic N) is 3. The van der Waals surface area contributed by atoms with E-state index in [-0.39, 0.29) is 11.6 Å². The molecule has 0 aliphatic heterocycles. The van der Waals surface area contributed by atoms with Gasteiger partial charge in [0.2, 0.25) is 5.95 Å². The Kier molecular flexibility index (Phi) is 7.42. The summed E-state index contributed by atoms with van der Waals surface area (Å²) in [6.45, 7) is 2.71. The lowest BCUT2D eigenvalue weighted by Gasteiger charge is -2.29. The average Bonchev–Trinajstić information content (AvgIpc) is 2.73. The van der Waals surface area contributed by atoms with Crippen LogP contribution in [0.4, 0.5) is 24.9 Å². The minimum Gasteiger partial charge on any atom is -0.406 e. The Labute approximate surface area is 185 Å². The number of amides is 1. The van der Waals surface area contributed by atoms with Gasteiger partial charge in [-0.1, -0.05) is 6.07 Å². The highest BCUT2D eigenvalue weighted by Gasteiger charge is 2.31. The van der Waals surface area contributed by atoms with Crippen molar-refractivity contribution in [3.63, 3.8) is 0 Å². The van der Waals surface area contributed by atoms with Crippen LogP contribution in [-0.4, -0.2) is 48.9 Å². The van der Waals surface area contributed by atoms with Gasteiger partial charge in [0.15, 0.2) is 0 Å². The van der Waals surface area contributed by atoms with Crippen molar-refractivity contribution in [2.45, 2.75) is 45.0 Å². The normalized spacial score (nSPS) is 18.7. The summed E-state index contributed by atoms with van der Waals surface area (Å²) in [6.07, 6.45) is 0.442. The molecule has 0 atom stereocenters. The molecular weight excluding hydrogens is 423 g/mol. The van der Waals surface area contributed by atoms with Gasteiger partial charge in [0.25, 0.3) is 5.91 Å². The molecule has 3 rings (SSSR count). The molecular formula is C22H28F3N5O2. The van der Waals surface area contributed by atoms with Crippen LogP contribution in [0.3, 0.4) is 0 Å². The van der Waals surface area contributed by atoms with Crippen molar-refractivity contribution in [3.8, 4) is 5.75 Å². The lowest BCUT2D eigenvalue weighted by atomic mass is 9.86. The summed E-state index contributed by atoms with van der Waals surface area (Å²) in [4.78, 5) is 23.3. The molecule has 1 heterocycles. The van der Waals surface area contributed by atoms with Gasteiger partial charge in [-0.25, -0.2) is 4.98 Å². The van der Waals surface area contributed by atoms with Crippen molar-refractivity contribution in [2.75, 3.05) is 30.9 Å². The molecule has 32 heavy (non-hydrogen) atoms. The molecule has 0 spiro atoms. The van der Waals surface area contributed by atoms with Crippen molar-refractivity contribution < 1.29 is 22.7 Å². The third-order valence-corrected chi connectivity index (χ3v) is 5.43. The number of hydrogen-bond acceptors (Lipinski definition) is 6. The molecule has 1 amide bonds. The number of nitrogens with one attached hydrogen (secondary N) is 2. The van der Waals surface area contributed by atoms with E-state index in [4.69, 9.17) is 0 Å². The fraction of sp³-hybridized carbons (Fsp3) is 0.500. The van der Waals surface area contributed by atoms with E-state index in [1.54, 1.807) is 6.20 Å². The number of aromatic nitrogens is 2. The number of rotatable bonds is 7. The second-order valence-electron chi connectivity index (χ2n) is 8.24. The molecule has 1 fully saturated rings. The number of carbonyl (C=O) groups excluding carboxylic acids is 1. The molecule has 1 aromatic carbocycles. The van der Waals surface area contributed by atoms with Crippen LogP contribution in [0.25, 0.3) is 0 Å². The Bertz CT molecular complexity index is 928. The lowest BCUT2D eigenvalue weighted by Crippen LogP contribution is -2.38. The number of hydrogen-bond donors (Lipinski definition) is 2. The molecule has 0 radical (unpaired) electrons. The zero-order valence-corrected chi connectivity index (χ0v) is 18.4. The van der Waals surface area contributed by atoms with Gasteiger partial charge in [0, 0.05) is 44.0 Å². The Hall–Kier alpha value is -3.04. The molecule has 1 aliphatic carbocycles. The first-order chi connectivity index (χ1) is 15.1. The van der Waals surface area contributed by atoms with E-state index >= 15 is 0 Å². The molecule has 1 aromatic heterocycles. The van der Waals surface area contributed by atoms with Crippen molar-refractivity contribution in [3.05, 3.63) is 41.6 Å². The molecule has 7 nitrogen and oxygen atoms in total. The molecule has 1 aliphatic rings. The van der Waals surface area contributed by atoms with Crippen molar-refractivity contribution in [1.82, 2.24) is 15.3 Å². The zero-order chi connectivity index (χ0) is 23.3. The maximum atomic E-state index is 12.5. The Morgan fingerprint density at radius 2 is 1.94 bits per heavy atom. The zero-order valence-electron chi connectivity index (χ0n) is 18.4. The third kappa shape index (κ3) is 6.73. The van der Waals surface area contributed by atoms with E-state index in [1.165, 1.54) is 18.2 Å². The highest BCUT2D eigenvalue weighted by atomic mass is 19.4. The average molecular weight is 451 g/mol. The number of ether oxygens (including phenoxy) is 1. The van der Waals surface area contributed by atoms with Crippen LogP contribution in [0.15, 0.2) is 30.5 Å². The van der Waals surface area contributed by atoms with Crippen LogP contribution in [0.2, 0.25) is 0 Å². The van der Waals surface area contributed by atoms with Gasteiger partial charge in [-0.2, -0.15) is 4.98 Å². The number of benzene rings is 1. The standard InChI is InChI=1S/C22H28F3N5O2/c1-14-12-26-21(29-19(14)30(2)3)27-13-15-7-9-17(10-8-15)28-20(31)16-5-4-6-18(11-16)32-22(23,24)25/h4-6,11-12,15,17H,7-10,13H2,1-3H3,(H,28,31)(H,26,27,29). The summed E-state index contributed by atoms with van der Waals surface area (Å²) >= 11 is 0. The predicted molar refractivity (Wildman–Crippen MR) is 116 cm³/mol. The van der Waals surface area contributed by atoms with Crippen molar-refractivity contribution >= 4 is 17.7 Å². The summed E-state index contributed by atoms with van der Waals surface area (Å²) in [5.74, 6) is 1.09. The van der Waals surface area contributed by atoms with Crippen LogP contribution in [-0.2, 0) is 0 Å². The highest BCUT2D eigenvalue weighted by Crippen LogP contribution is 2.26. The fourth-order valence-electron chi connectivity index (χ4n) is 3.82. The molecule has 2 aromatic rings. The fourth-order valence-corrected chi connectivity index (χ4v) is 3.82. The molecule has 1 saturated carbocycles. The minimum atomic E-state index is -4.79. The molecule has 0 unspecified atom stereocenters. The van der Waals surface area contributed by atoms with E-state index in [2.05, 4.69) is 25.3 Å². The summed E-state index contributed by atoms with van der Waals surface area (Å²) in [6, 6.07) is 5.09. The van der Waals surface area contributed by atoms with Crippen molar-refractivity contribution in [1.29, 1.82) is 0 Å². The third-order valence-electron chi connectivity index (χ3n) is 5.43. The Morgan fingerprint density at radius 3 is 2.59 bits per heavy atom. The summed E-state index contributed by atoms with van der Waals surface area (Å²) in [5.41, 5.74) is 1.15. The quantitative estimate of drug-likeness (QED) is 0.659. The maximum absolute atomic E-state index is 12.5. The van der Waals surface area contributed by atoms with Gasteiger partial charge in [-0.3, -0.25) is 4.79 Å². The topological polar surface area (TPSA) is 79.4 Å². The van der Waals surface area contributed by atoms with Gasteiger partial charge < -0.3 is 20.3 Å². The maximum Gasteiger partial charge on any atom is 0.573 e. The van der Waals surface area contributed by atoms with Gasteiger partial charge in [-0.15, -0.1) is 13.2 Å². The van der Waals surface area contributed by atoms with Crippen LogP contribution in [0, 0.1) is 12.8 Å². The van der Waals surface area contributed by atoms with Crippen molar-refractivity contribution in [2.24, 2.45) is 5.92 Å². The van der Waals surface area contributed by atoms with E-state index < -0.39 is 18.0 Å². The second kappa shape index (κ2) is 10.1. The number of anilines is 2. The number of aryl methyl sites for hydroxylation is 1. The summed E-state index contributed by atoms with van der Waals surface area (Å²) in [5, 5.41) is 6.22. The highest BCUT2D eigenvalue weighted by molar-refractivity contribution is 5.94. The van der Waals surface area contributed by atoms with Crippen LogP contribution in [0.1, 0.15) is 41.6 Å². The molecule has 174 valence electrons. The Balaban J connectivity index is 1.46. The first-order valence-corrected chi connectivity index (χ1v) is 10.5. The number of alkyl halides is 3. The van der Waals surface area contributed by atoms with Crippen LogP contribution < -0.4 is 20.3 Å². The van der Waals surface area contributed by atoms with Gasteiger partial charge >= 0.3 is 6.36 Å². The summed E-state index contributed by atoms with van der Waals surface area (Å²) < 4.78 is 41.1. The minimum absolute atomic E-state index is 0.0121. The first kappa shape index (κ1) is 23.6. The van der Waals surface area contributed by atoms with Crippen LogP contribution >= 0.6 is 0 Å². The first-order valence-electron chi connectivity index (χ1n) is 10.5. The Morgan fingerprint density at radius 1 is 1.22 bits per heavy atom. The van der Waals surface area contributed by atoms with Gasteiger partial charge in [0.1, 0.15) is 11.6 Å². The largest absolute Gasteiger partial charge is 0.573 e. The second-order valence-corrected chi connectivity index (χ2v) is 8.24. The van der Waals surface area contributed by atoms with Gasteiger partial charge in [-0.05, 0) is 56.7 Å². The van der Waals surface area contributed by atoms with Gasteiger partial charge in [0.05, 0.1) is 0 Å². The molecule has 2 N–H and O–H groups in total. The summed E-state index contributed by atoms with van der Waals surface area (Å²) in [7, 11) is 3.88. The van der Waals surface area contributed by atoms with E-state index in [1.807, 2.05) is 25.9 Å². The number of halogens is 3. The van der Waals surface area contributed by atoms with E-state index in [0.29, 0.717) is 11.9 Å². The molecule has 0 bridgehead atoms. The molecule has 10 heteroatoms. The molecule has 0 saturated heterocycles. The van der Waals surface area contributed by atoms with E-state index in [0.717, 1.165) is 49.7 Å².